The maximum Gasteiger partial charge on any atom is 0.328 e. The standard InChI is InChI=1S/C20H22N2O5/c1-12(2)11-16(20(26)27-3)21-10-6-9-15(19(21)25)22-17(23)13-7-4-5-8-14(13)18(22)24/h4-8,10,12,15-16H,9,11H2,1-3H3/t15-,16+/m1/s1. The van der Waals surface area contributed by atoms with Crippen molar-refractivity contribution in [3.63, 3.8) is 0 Å². The summed E-state index contributed by atoms with van der Waals surface area (Å²) in [6.45, 7) is 3.88. The van der Waals surface area contributed by atoms with Crippen LogP contribution in [0.15, 0.2) is 36.5 Å². The van der Waals surface area contributed by atoms with E-state index in [1.807, 2.05) is 13.8 Å². The Labute approximate surface area is 157 Å². The van der Waals surface area contributed by atoms with E-state index in [0.717, 1.165) is 4.90 Å². The SMILES string of the molecule is COC(=O)[C@H](CC(C)C)N1C=CC[C@@H](N2C(=O)c3ccccc3C2=O)C1=O. The quantitative estimate of drug-likeness (QED) is 0.585. The van der Waals surface area contributed by atoms with Crippen molar-refractivity contribution in [3.8, 4) is 0 Å². The van der Waals surface area contributed by atoms with Crippen LogP contribution in [0.5, 0.6) is 0 Å². The van der Waals surface area contributed by atoms with E-state index < -0.39 is 35.8 Å². The summed E-state index contributed by atoms with van der Waals surface area (Å²) in [5, 5.41) is 0. The van der Waals surface area contributed by atoms with E-state index >= 15 is 0 Å². The molecular weight excluding hydrogens is 348 g/mol. The minimum atomic E-state index is -0.971. The zero-order chi connectivity index (χ0) is 19.7. The fraction of sp³-hybridized carbons (Fsp3) is 0.400. The molecule has 0 unspecified atom stereocenters. The number of imide groups is 1. The third-order valence-corrected chi connectivity index (χ3v) is 4.81. The van der Waals surface area contributed by atoms with Crippen molar-refractivity contribution in [2.45, 2.75) is 38.8 Å². The number of rotatable bonds is 5. The van der Waals surface area contributed by atoms with Gasteiger partial charge in [0.2, 0.25) is 0 Å². The highest BCUT2D eigenvalue weighted by molar-refractivity contribution is 6.23. The maximum atomic E-state index is 13.1. The molecule has 1 aromatic rings. The van der Waals surface area contributed by atoms with Crippen molar-refractivity contribution < 1.29 is 23.9 Å². The van der Waals surface area contributed by atoms with Gasteiger partial charge in [0.15, 0.2) is 0 Å². The highest BCUT2D eigenvalue weighted by atomic mass is 16.5. The lowest BCUT2D eigenvalue weighted by Crippen LogP contribution is -2.55. The van der Waals surface area contributed by atoms with Gasteiger partial charge in [-0.2, -0.15) is 0 Å². The number of benzene rings is 1. The van der Waals surface area contributed by atoms with Crippen LogP contribution in [0, 0.1) is 5.92 Å². The van der Waals surface area contributed by atoms with E-state index in [9.17, 15) is 19.2 Å². The molecule has 0 fully saturated rings. The molecule has 0 saturated heterocycles. The fourth-order valence-electron chi connectivity index (χ4n) is 3.52. The molecule has 7 nitrogen and oxygen atoms in total. The third kappa shape index (κ3) is 3.25. The summed E-state index contributed by atoms with van der Waals surface area (Å²) in [7, 11) is 1.27. The van der Waals surface area contributed by atoms with Crippen LogP contribution in [0.1, 0.15) is 47.4 Å². The molecule has 2 aliphatic heterocycles. The molecule has 7 heteroatoms. The van der Waals surface area contributed by atoms with E-state index in [1.54, 1.807) is 36.5 Å². The molecule has 2 aliphatic rings. The predicted molar refractivity (Wildman–Crippen MR) is 96.6 cm³/mol. The van der Waals surface area contributed by atoms with Gasteiger partial charge in [0.25, 0.3) is 17.7 Å². The Bertz CT molecular complexity index is 794. The average Bonchev–Trinajstić information content (AvgIpc) is 2.91. The Balaban J connectivity index is 1.90. The Hall–Kier alpha value is -2.96. The van der Waals surface area contributed by atoms with Gasteiger partial charge in [-0.1, -0.05) is 32.1 Å². The number of carbonyl (C=O) groups excluding carboxylic acids is 4. The van der Waals surface area contributed by atoms with E-state index in [2.05, 4.69) is 0 Å². The molecule has 0 bridgehead atoms. The Kier molecular flexibility index (Phi) is 5.12. The van der Waals surface area contributed by atoms with Crippen LogP contribution >= 0.6 is 0 Å². The van der Waals surface area contributed by atoms with E-state index in [4.69, 9.17) is 4.74 Å². The molecule has 0 aromatic heterocycles. The fourth-order valence-corrected chi connectivity index (χ4v) is 3.52. The minimum Gasteiger partial charge on any atom is -0.467 e. The highest BCUT2D eigenvalue weighted by Gasteiger charge is 2.46. The van der Waals surface area contributed by atoms with Crippen LogP contribution in [-0.4, -0.2) is 52.7 Å². The van der Waals surface area contributed by atoms with Gasteiger partial charge in [-0.05, 0) is 30.9 Å². The second-order valence-corrected chi connectivity index (χ2v) is 7.08. The zero-order valence-electron chi connectivity index (χ0n) is 15.5. The molecule has 1 aromatic carbocycles. The summed E-state index contributed by atoms with van der Waals surface area (Å²) < 4.78 is 4.85. The number of ether oxygens (including phenoxy) is 1. The molecule has 2 atom stereocenters. The Morgan fingerprint density at radius 1 is 1.15 bits per heavy atom. The van der Waals surface area contributed by atoms with Crippen molar-refractivity contribution in [3.05, 3.63) is 47.7 Å². The molecule has 3 rings (SSSR count). The van der Waals surface area contributed by atoms with E-state index in [0.29, 0.717) is 17.5 Å². The lowest BCUT2D eigenvalue weighted by atomic mass is 9.99. The normalized spacial score (nSPS) is 20.3. The summed E-state index contributed by atoms with van der Waals surface area (Å²) in [4.78, 5) is 53.1. The second-order valence-electron chi connectivity index (χ2n) is 7.08. The molecule has 0 saturated carbocycles. The molecule has 2 heterocycles. The molecule has 0 aliphatic carbocycles. The summed E-state index contributed by atoms with van der Waals surface area (Å²) in [6.07, 6.45) is 3.88. The lowest BCUT2D eigenvalue weighted by molar-refractivity contribution is -0.152. The summed E-state index contributed by atoms with van der Waals surface area (Å²) in [6, 6.07) is 4.74. The van der Waals surface area contributed by atoms with Crippen molar-refractivity contribution in [1.29, 1.82) is 0 Å². The number of carbonyl (C=O) groups is 4. The first-order chi connectivity index (χ1) is 12.9. The van der Waals surface area contributed by atoms with Crippen LogP contribution in [0.3, 0.4) is 0 Å². The molecule has 142 valence electrons. The predicted octanol–water partition coefficient (Wildman–Crippen LogP) is 1.98. The summed E-state index contributed by atoms with van der Waals surface area (Å²) >= 11 is 0. The van der Waals surface area contributed by atoms with E-state index in [1.165, 1.54) is 12.0 Å². The van der Waals surface area contributed by atoms with Gasteiger partial charge >= 0.3 is 5.97 Å². The molecule has 0 radical (unpaired) electrons. The van der Waals surface area contributed by atoms with Crippen LogP contribution in [0.25, 0.3) is 0 Å². The number of hydrogen-bond donors (Lipinski definition) is 0. The molecule has 0 N–H and O–H groups in total. The summed E-state index contributed by atoms with van der Waals surface area (Å²) in [5.41, 5.74) is 0.589. The first-order valence-electron chi connectivity index (χ1n) is 8.90. The number of hydrogen-bond acceptors (Lipinski definition) is 5. The smallest absolute Gasteiger partial charge is 0.328 e. The van der Waals surface area contributed by atoms with Gasteiger partial charge in [-0.25, -0.2) is 4.79 Å². The third-order valence-electron chi connectivity index (χ3n) is 4.81. The number of fused-ring (bicyclic) bond motifs is 1. The van der Waals surface area contributed by atoms with Gasteiger partial charge in [0, 0.05) is 6.20 Å². The van der Waals surface area contributed by atoms with Gasteiger partial charge in [0.05, 0.1) is 18.2 Å². The first kappa shape index (κ1) is 18.8. The van der Waals surface area contributed by atoms with Gasteiger partial charge in [-0.15, -0.1) is 0 Å². The Morgan fingerprint density at radius 2 is 1.74 bits per heavy atom. The number of nitrogens with zero attached hydrogens (tertiary/aromatic N) is 2. The van der Waals surface area contributed by atoms with Crippen molar-refractivity contribution in [2.75, 3.05) is 7.11 Å². The van der Waals surface area contributed by atoms with Crippen LogP contribution in [-0.2, 0) is 14.3 Å². The molecular formula is C20H22N2O5. The zero-order valence-corrected chi connectivity index (χ0v) is 15.5. The number of esters is 1. The van der Waals surface area contributed by atoms with E-state index in [-0.39, 0.29) is 12.3 Å². The number of amides is 3. The maximum absolute atomic E-state index is 13.1. The van der Waals surface area contributed by atoms with Crippen LogP contribution < -0.4 is 0 Å². The largest absolute Gasteiger partial charge is 0.467 e. The molecule has 3 amide bonds. The van der Waals surface area contributed by atoms with Crippen LogP contribution in [0.2, 0.25) is 0 Å². The molecule has 0 spiro atoms. The monoisotopic (exact) mass is 370 g/mol. The molecule has 27 heavy (non-hydrogen) atoms. The number of methoxy groups -OCH3 is 1. The van der Waals surface area contributed by atoms with Gasteiger partial charge in [-0.3, -0.25) is 19.3 Å². The van der Waals surface area contributed by atoms with Crippen molar-refractivity contribution in [2.24, 2.45) is 5.92 Å². The minimum absolute atomic E-state index is 0.148. The van der Waals surface area contributed by atoms with Crippen LogP contribution in [0.4, 0.5) is 0 Å². The van der Waals surface area contributed by atoms with Gasteiger partial charge in [0.1, 0.15) is 12.1 Å². The topological polar surface area (TPSA) is 84.0 Å². The first-order valence-corrected chi connectivity index (χ1v) is 8.90. The van der Waals surface area contributed by atoms with Crippen molar-refractivity contribution >= 4 is 23.7 Å². The highest BCUT2D eigenvalue weighted by Crippen LogP contribution is 2.29. The Morgan fingerprint density at radius 3 is 2.26 bits per heavy atom. The van der Waals surface area contributed by atoms with Crippen molar-refractivity contribution in [1.82, 2.24) is 9.80 Å². The van der Waals surface area contributed by atoms with Gasteiger partial charge < -0.3 is 9.64 Å². The lowest BCUT2D eigenvalue weighted by Gasteiger charge is -2.36. The summed E-state index contributed by atoms with van der Waals surface area (Å²) in [5.74, 6) is -1.80. The average molecular weight is 370 g/mol. The second kappa shape index (κ2) is 7.34.